The summed E-state index contributed by atoms with van der Waals surface area (Å²) >= 11 is 0. The lowest BCUT2D eigenvalue weighted by atomic mass is 9.96. The average Bonchev–Trinajstić information content (AvgIpc) is 2.80. The molecule has 0 atom stereocenters. The Bertz CT molecular complexity index is 741. The van der Waals surface area contributed by atoms with Crippen LogP contribution in [0.25, 0.3) is 0 Å². The smallest absolute Gasteiger partial charge is 0.232 e. The van der Waals surface area contributed by atoms with E-state index < -0.39 is 0 Å². The number of nitrogens with zero attached hydrogens (tertiary/aromatic N) is 3. The van der Waals surface area contributed by atoms with Gasteiger partial charge in [0, 0.05) is 11.6 Å². The highest BCUT2D eigenvalue weighted by Gasteiger charge is 2.17. The SMILES string of the molecule is Nc1nc(Nc2ccccccccc2)nc(C2CCCCCCCC2)n1. The molecule has 0 bridgehead atoms. The molecule has 0 aliphatic heterocycles. The van der Waals surface area contributed by atoms with Crippen molar-refractivity contribution in [1.82, 2.24) is 15.0 Å². The number of aromatic nitrogens is 3. The van der Waals surface area contributed by atoms with Crippen molar-refractivity contribution in [3.05, 3.63) is 60.4 Å². The van der Waals surface area contributed by atoms with E-state index in [0.29, 0.717) is 11.9 Å². The number of nitrogens with two attached hydrogens (primary N) is 1. The van der Waals surface area contributed by atoms with Gasteiger partial charge in [-0.3, -0.25) is 0 Å². The van der Waals surface area contributed by atoms with Crippen LogP contribution < -0.4 is 11.1 Å². The van der Waals surface area contributed by atoms with E-state index in [1.807, 2.05) is 54.6 Å². The van der Waals surface area contributed by atoms with Gasteiger partial charge in [-0.15, -0.1) is 0 Å². The van der Waals surface area contributed by atoms with Crippen molar-refractivity contribution >= 4 is 17.6 Å². The van der Waals surface area contributed by atoms with Crippen LogP contribution in [0.1, 0.15) is 63.1 Å². The van der Waals surface area contributed by atoms with E-state index in [2.05, 4.69) is 15.3 Å². The van der Waals surface area contributed by atoms with Crippen molar-refractivity contribution < 1.29 is 0 Å². The summed E-state index contributed by atoms with van der Waals surface area (Å²) in [6.45, 7) is 0. The molecule has 3 rings (SSSR count). The zero-order chi connectivity index (χ0) is 18.7. The molecular weight excluding hydrogens is 334 g/mol. The number of hydrogen-bond donors (Lipinski definition) is 2. The molecule has 1 saturated carbocycles. The number of hydrogen-bond acceptors (Lipinski definition) is 5. The third-order valence-electron chi connectivity index (χ3n) is 4.86. The Morgan fingerprint density at radius 1 is 0.704 bits per heavy atom. The van der Waals surface area contributed by atoms with Crippen LogP contribution in [0.4, 0.5) is 17.6 Å². The lowest BCUT2D eigenvalue weighted by Gasteiger charge is -2.15. The summed E-state index contributed by atoms with van der Waals surface area (Å²) in [4.78, 5) is 13.5. The standard InChI is InChI=1S/C22H29N5/c23-21-25-20(18-14-10-6-4-5-7-11-15-18)26-22(27-21)24-19-16-12-8-2-1-3-9-13-17-19/h1-3,8-9,12-13,16-18H,4-7,10-11,14-15H2,(H3,23,24,25,26,27). The third-order valence-corrected chi connectivity index (χ3v) is 4.86. The fourth-order valence-corrected chi connectivity index (χ4v) is 3.45. The van der Waals surface area contributed by atoms with Gasteiger partial charge >= 0.3 is 0 Å². The van der Waals surface area contributed by atoms with Crippen LogP contribution in [0, 0.1) is 0 Å². The maximum atomic E-state index is 6.00. The predicted octanol–water partition coefficient (Wildman–Crippen LogP) is 5.54. The quantitative estimate of drug-likeness (QED) is 0.748. The Hall–Kier alpha value is -2.69. The summed E-state index contributed by atoms with van der Waals surface area (Å²) in [6, 6.07) is 17.9. The first kappa shape index (κ1) is 19.1. The summed E-state index contributed by atoms with van der Waals surface area (Å²) in [5.74, 6) is 1.99. The van der Waals surface area contributed by atoms with Gasteiger partial charge < -0.3 is 11.1 Å². The van der Waals surface area contributed by atoms with Crippen molar-refractivity contribution in [2.24, 2.45) is 0 Å². The van der Waals surface area contributed by atoms with Gasteiger partial charge in [-0.2, -0.15) is 15.0 Å². The highest BCUT2D eigenvalue weighted by Crippen LogP contribution is 2.29. The van der Waals surface area contributed by atoms with Crippen LogP contribution in [0.2, 0.25) is 0 Å². The van der Waals surface area contributed by atoms with Gasteiger partial charge in [-0.1, -0.05) is 81.0 Å². The van der Waals surface area contributed by atoms with Gasteiger partial charge in [-0.25, -0.2) is 0 Å². The van der Waals surface area contributed by atoms with Gasteiger partial charge in [-0.05, 0) is 25.0 Å². The first-order valence-corrected chi connectivity index (χ1v) is 9.98. The predicted molar refractivity (Wildman–Crippen MR) is 111 cm³/mol. The van der Waals surface area contributed by atoms with E-state index in [-0.39, 0.29) is 5.95 Å². The molecule has 0 spiro atoms. The third kappa shape index (κ3) is 6.51. The summed E-state index contributed by atoms with van der Waals surface area (Å²) < 4.78 is 0. The van der Waals surface area contributed by atoms with Crippen molar-refractivity contribution in [1.29, 1.82) is 0 Å². The highest BCUT2D eigenvalue weighted by molar-refractivity contribution is 5.52. The monoisotopic (exact) mass is 363 g/mol. The second-order valence-corrected chi connectivity index (χ2v) is 7.03. The minimum absolute atomic E-state index is 0.283. The molecule has 1 aliphatic carbocycles. The summed E-state index contributed by atoms with van der Waals surface area (Å²) in [6.07, 6.45) is 10.0. The molecule has 3 N–H and O–H groups in total. The lowest BCUT2D eigenvalue weighted by Crippen LogP contribution is -2.11. The molecule has 0 radical (unpaired) electrons. The Balaban J connectivity index is 1.82. The first-order valence-electron chi connectivity index (χ1n) is 9.98. The minimum atomic E-state index is 0.283. The zero-order valence-corrected chi connectivity index (χ0v) is 15.8. The second kappa shape index (κ2) is 10.5. The van der Waals surface area contributed by atoms with Gasteiger partial charge in [0.05, 0.1) is 0 Å². The molecule has 0 unspecified atom stereocenters. The Labute approximate surface area is 161 Å². The normalized spacial score (nSPS) is 15.7. The van der Waals surface area contributed by atoms with Crippen LogP contribution in [-0.4, -0.2) is 15.0 Å². The maximum absolute atomic E-state index is 6.00. The van der Waals surface area contributed by atoms with Crippen molar-refractivity contribution in [3.8, 4) is 0 Å². The maximum Gasteiger partial charge on any atom is 0.232 e. The van der Waals surface area contributed by atoms with Crippen LogP contribution in [0.15, 0.2) is 54.6 Å². The minimum Gasteiger partial charge on any atom is -0.368 e. The Kier molecular flexibility index (Phi) is 7.39. The molecule has 5 nitrogen and oxygen atoms in total. The second-order valence-electron chi connectivity index (χ2n) is 7.03. The summed E-state index contributed by atoms with van der Waals surface area (Å²) in [5.41, 5.74) is 6.90. The van der Waals surface area contributed by atoms with Gasteiger partial charge in [0.1, 0.15) is 5.82 Å². The number of rotatable bonds is 3. The lowest BCUT2D eigenvalue weighted by molar-refractivity contribution is 0.515. The molecule has 1 fully saturated rings. The average molecular weight is 364 g/mol. The highest BCUT2D eigenvalue weighted by atomic mass is 15.2. The zero-order valence-electron chi connectivity index (χ0n) is 15.8. The first-order chi connectivity index (χ1) is 13.3. The molecule has 5 heteroatoms. The van der Waals surface area contributed by atoms with E-state index in [9.17, 15) is 0 Å². The van der Waals surface area contributed by atoms with E-state index in [4.69, 9.17) is 10.7 Å². The largest absolute Gasteiger partial charge is 0.368 e. The Morgan fingerprint density at radius 3 is 1.89 bits per heavy atom. The van der Waals surface area contributed by atoms with Crippen molar-refractivity contribution in [3.63, 3.8) is 0 Å². The summed E-state index contributed by atoms with van der Waals surface area (Å²) in [5, 5.41) is 3.28. The number of anilines is 3. The van der Waals surface area contributed by atoms with Crippen molar-refractivity contribution in [2.75, 3.05) is 11.1 Å². The molecule has 0 saturated heterocycles. The molecular formula is C22H29N5. The Morgan fingerprint density at radius 2 is 1.26 bits per heavy atom. The van der Waals surface area contributed by atoms with Gasteiger partial charge in [0.2, 0.25) is 11.9 Å². The summed E-state index contributed by atoms with van der Waals surface area (Å²) in [7, 11) is 0. The van der Waals surface area contributed by atoms with Crippen LogP contribution in [0.5, 0.6) is 0 Å². The molecule has 142 valence electrons. The molecule has 1 aromatic heterocycles. The molecule has 0 amide bonds. The van der Waals surface area contributed by atoms with E-state index >= 15 is 0 Å². The molecule has 1 aromatic carbocycles. The van der Waals surface area contributed by atoms with Crippen LogP contribution in [-0.2, 0) is 0 Å². The van der Waals surface area contributed by atoms with Gasteiger partial charge in [0.25, 0.3) is 0 Å². The topological polar surface area (TPSA) is 76.7 Å². The van der Waals surface area contributed by atoms with Gasteiger partial charge in [0.15, 0.2) is 0 Å². The fraction of sp³-hybridized carbons (Fsp3) is 0.409. The molecule has 27 heavy (non-hydrogen) atoms. The molecule has 1 heterocycles. The molecule has 2 aromatic rings. The number of nitrogen functional groups attached to an aromatic ring is 1. The van der Waals surface area contributed by atoms with Crippen molar-refractivity contribution in [2.45, 2.75) is 57.3 Å². The number of nitrogens with one attached hydrogen (secondary N) is 1. The van der Waals surface area contributed by atoms with E-state index in [1.165, 1.54) is 38.5 Å². The van der Waals surface area contributed by atoms with Crippen LogP contribution in [0.3, 0.4) is 0 Å². The molecule has 1 aliphatic rings. The van der Waals surface area contributed by atoms with E-state index in [1.54, 1.807) is 0 Å². The fourth-order valence-electron chi connectivity index (χ4n) is 3.45. The van der Waals surface area contributed by atoms with Crippen LogP contribution >= 0.6 is 0 Å². The van der Waals surface area contributed by atoms with E-state index in [0.717, 1.165) is 24.4 Å².